The first-order valence-corrected chi connectivity index (χ1v) is 10.9. The average molecular weight is 431 g/mol. The first-order valence-electron chi connectivity index (χ1n) is 9.28. The Kier molecular flexibility index (Phi) is 6.99. The molecule has 2 aromatic carbocycles. The van der Waals surface area contributed by atoms with Gasteiger partial charge in [-0.05, 0) is 44.1 Å². The number of ether oxygens (including phenoxy) is 2. The number of halogens is 1. The van der Waals surface area contributed by atoms with Crippen LogP contribution in [0, 0.1) is 12.7 Å². The summed E-state index contributed by atoms with van der Waals surface area (Å²) in [6, 6.07) is 10.0. The minimum atomic E-state index is -0.538. The second kappa shape index (κ2) is 9.67. The molecule has 2 heterocycles. The molecule has 158 valence electrons. The van der Waals surface area contributed by atoms with E-state index in [2.05, 4.69) is 4.98 Å². The van der Waals surface area contributed by atoms with Crippen molar-refractivity contribution in [2.75, 3.05) is 12.5 Å². The van der Waals surface area contributed by atoms with Crippen molar-refractivity contribution in [3.63, 3.8) is 0 Å². The first kappa shape index (κ1) is 21.7. The molecule has 1 aliphatic rings. The largest absolute Gasteiger partial charge is 0.417 e. The van der Waals surface area contributed by atoms with Crippen LogP contribution in [-0.2, 0) is 6.54 Å². The molecule has 0 saturated carbocycles. The molecule has 8 heteroatoms. The molecule has 0 N–H and O–H groups in total. The van der Waals surface area contributed by atoms with Gasteiger partial charge in [0.25, 0.3) is 0 Å². The normalized spacial score (nSPS) is 15.0. The monoisotopic (exact) mass is 430 g/mol. The molecule has 1 atom stereocenters. The van der Waals surface area contributed by atoms with Crippen LogP contribution < -0.4 is 9.47 Å². The highest BCUT2D eigenvalue weighted by molar-refractivity contribution is 7.97. The van der Waals surface area contributed by atoms with Crippen LogP contribution >= 0.6 is 11.8 Å². The van der Waals surface area contributed by atoms with E-state index < -0.39 is 6.09 Å². The zero-order valence-corrected chi connectivity index (χ0v) is 18.0. The molecular weight excluding hydrogens is 407 g/mol. The van der Waals surface area contributed by atoms with Gasteiger partial charge in [-0.25, -0.2) is 9.18 Å². The van der Waals surface area contributed by atoms with E-state index >= 15 is 0 Å². The fourth-order valence-corrected chi connectivity index (χ4v) is 3.07. The van der Waals surface area contributed by atoms with E-state index in [1.54, 1.807) is 49.0 Å². The van der Waals surface area contributed by atoms with Gasteiger partial charge in [0.05, 0.1) is 18.8 Å². The van der Waals surface area contributed by atoms with E-state index in [4.69, 9.17) is 13.9 Å². The lowest BCUT2D eigenvalue weighted by Crippen LogP contribution is -2.39. The molecule has 6 nitrogen and oxygen atoms in total. The quantitative estimate of drug-likeness (QED) is 0.508. The molecule has 0 spiro atoms. The molecule has 3 aromatic rings. The fourth-order valence-electron chi connectivity index (χ4n) is 3.07. The zero-order valence-electron chi connectivity index (χ0n) is 17.2. The Morgan fingerprint density at radius 2 is 2.03 bits per heavy atom. The third-order valence-electron chi connectivity index (χ3n) is 4.56. The van der Waals surface area contributed by atoms with Crippen molar-refractivity contribution in [2.45, 2.75) is 26.4 Å². The lowest BCUT2D eigenvalue weighted by atomic mass is 10.0. The third-order valence-corrected chi connectivity index (χ3v) is 4.56. The highest BCUT2D eigenvalue weighted by atomic mass is 32.2. The number of oxazole rings is 1. The number of fused-ring (bicyclic) bond motifs is 1. The van der Waals surface area contributed by atoms with Gasteiger partial charge in [0.15, 0.2) is 0 Å². The number of benzene rings is 2. The minimum Gasteiger partial charge on any atom is -0.417 e. The van der Waals surface area contributed by atoms with Crippen LogP contribution in [0.5, 0.6) is 17.6 Å². The SMILES string of the molecule is CSC.Cc1cccc(CN2C(=O)Oc3cc(Oc4ncco4)ccc3C2C)c1F. The second-order valence-corrected chi connectivity index (χ2v) is 7.54. The van der Waals surface area contributed by atoms with Crippen molar-refractivity contribution in [3.8, 4) is 17.6 Å². The van der Waals surface area contributed by atoms with E-state index in [0.29, 0.717) is 22.6 Å². The molecule has 1 aliphatic heterocycles. The van der Waals surface area contributed by atoms with Gasteiger partial charge < -0.3 is 13.9 Å². The average Bonchev–Trinajstić information content (AvgIpc) is 3.22. The lowest BCUT2D eigenvalue weighted by molar-refractivity contribution is 0.116. The van der Waals surface area contributed by atoms with E-state index in [9.17, 15) is 9.18 Å². The van der Waals surface area contributed by atoms with Crippen molar-refractivity contribution < 1.29 is 23.1 Å². The molecule has 0 bridgehead atoms. The number of thioether (sulfide) groups is 1. The Morgan fingerprint density at radius 1 is 1.27 bits per heavy atom. The van der Waals surface area contributed by atoms with E-state index in [0.717, 1.165) is 5.56 Å². The summed E-state index contributed by atoms with van der Waals surface area (Å²) >= 11 is 1.75. The fraction of sp³-hybridized carbons (Fsp3) is 0.273. The molecule has 4 rings (SSSR count). The predicted molar refractivity (Wildman–Crippen MR) is 114 cm³/mol. The van der Waals surface area contributed by atoms with E-state index in [1.807, 2.05) is 25.5 Å². The Labute approximate surface area is 179 Å². The number of nitrogens with zero attached hydrogens (tertiary/aromatic N) is 2. The molecule has 30 heavy (non-hydrogen) atoms. The van der Waals surface area contributed by atoms with Crippen LogP contribution in [0.1, 0.15) is 29.7 Å². The van der Waals surface area contributed by atoms with Crippen LogP contribution in [0.25, 0.3) is 0 Å². The third kappa shape index (κ3) is 4.76. The van der Waals surface area contributed by atoms with Gasteiger partial charge >= 0.3 is 12.2 Å². The summed E-state index contributed by atoms with van der Waals surface area (Å²) in [7, 11) is 0. The maximum absolute atomic E-state index is 14.3. The van der Waals surface area contributed by atoms with Gasteiger partial charge in [-0.1, -0.05) is 18.2 Å². The summed E-state index contributed by atoms with van der Waals surface area (Å²) in [5.74, 6) is 0.532. The molecule has 0 aliphatic carbocycles. The first-order chi connectivity index (χ1) is 14.4. The molecule has 0 saturated heterocycles. The molecule has 0 radical (unpaired) electrons. The zero-order chi connectivity index (χ0) is 21.7. The molecule has 1 amide bonds. The van der Waals surface area contributed by atoms with Crippen LogP contribution in [-0.4, -0.2) is 28.5 Å². The van der Waals surface area contributed by atoms with Crippen LogP contribution in [0.4, 0.5) is 9.18 Å². The maximum atomic E-state index is 14.3. The van der Waals surface area contributed by atoms with Crippen molar-refractivity contribution in [1.29, 1.82) is 0 Å². The van der Waals surface area contributed by atoms with Crippen molar-refractivity contribution in [3.05, 3.63) is 71.4 Å². The standard InChI is InChI=1S/C20H17FN2O4.C2H6S/c1-12-4-3-5-14(18(12)21)11-23-13(2)16-7-6-15(10-17(16)27-20(23)24)26-19-22-8-9-25-19;1-3-2/h3-10,13H,11H2,1-2H3;1-2H3. The number of amides is 1. The Bertz CT molecular complexity index is 1010. The number of aryl methyl sites for hydroxylation is 1. The number of hydrogen-bond donors (Lipinski definition) is 0. The number of aromatic nitrogens is 1. The number of carbonyl (C=O) groups is 1. The smallest absolute Gasteiger partial charge is 0.416 e. The van der Waals surface area contributed by atoms with Crippen molar-refractivity contribution in [2.24, 2.45) is 0 Å². The van der Waals surface area contributed by atoms with Crippen LogP contribution in [0.3, 0.4) is 0 Å². The second-order valence-electron chi connectivity index (χ2n) is 6.73. The Hall–Kier alpha value is -3.00. The number of rotatable bonds is 4. The highest BCUT2D eigenvalue weighted by Crippen LogP contribution is 2.38. The summed E-state index contributed by atoms with van der Waals surface area (Å²) in [6.45, 7) is 3.70. The number of carbonyl (C=O) groups excluding carboxylic acids is 1. The van der Waals surface area contributed by atoms with E-state index in [-0.39, 0.29) is 24.5 Å². The molecule has 0 fully saturated rings. The van der Waals surface area contributed by atoms with Gasteiger partial charge in [-0.15, -0.1) is 0 Å². The highest BCUT2D eigenvalue weighted by Gasteiger charge is 2.32. The summed E-state index contributed by atoms with van der Waals surface area (Å²) in [4.78, 5) is 17.9. The summed E-state index contributed by atoms with van der Waals surface area (Å²) < 4.78 is 30.3. The van der Waals surface area contributed by atoms with Crippen molar-refractivity contribution >= 4 is 17.9 Å². The molecule has 1 aromatic heterocycles. The maximum Gasteiger partial charge on any atom is 0.416 e. The Morgan fingerprint density at radius 3 is 2.73 bits per heavy atom. The van der Waals surface area contributed by atoms with Gasteiger partial charge in [0.2, 0.25) is 0 Å². The van der Waals surface area contributed by atoms with Gasteiger partial charge in [-0.3, -0.25) is 4.90 Å². The molecule has 1 unspecified atom stereocenters. The summed E-state index contributed by atoms with van der Waals surface area (Å²) in [5.41, 5.74) is 1.80. The van der Waals surface area contributed by atoms with Crippen LogP contribution in [0.15, 0.2) is 53.3 Å². The van der Waals surface area contributed by atoms with Crippen LogP contribution in [0.2, 0.25) is 0 Å². The van der Waals surface area contributed by atoms with Crippen molar-refractivity contribution in [1.82, 2.24) is 9.88 Å². The predicted octanol–water partition coefficient (Wildman–Crippen LogP) is 5.97. The summed E-state index contributed by atoms with van der Waals surface area (Å²) in [6.07, 6.45) is 6.52. The summed E-state index contributed by atoms with van der Waals surface area (Å²) in [5, 5.41) is 0. The van der Waals surface area contributed by atoms with Gasteiger partial charge in [0, 0.05) is 17.2 Å². The van der Waals surface area contributed by atoms with E-state index in [1.165, 1.54) is 17.4 Å². The minimum absolute atomic E-state index is 0.0988. The van der Waals surface area contributed by atoms with Gasteiger partial charge in [-0.2, -0.15) is 16.7 Å². The number of hydrogen-bond acceptors (Lipinski definition) is 6. The molecular formula is C22H23FN2O4S. The Balaban J connectivity index is 0.000000806. The van der Waals surface area contributed by atoms with Gasteiger partial charge in [0.1, 0.15) is 23.6 Å². The topological polar surface area (TPSA) is 64.8 Å². The lowest BCUT2D eigenvalue weighted by Gasteiger charge is -2.34.